The molecule has 0 aliphatic carbocycles. The predicted molar refractivity (Wildman–Crippen MR) is 127 cm³/mol. The van der Waals surface area contributed by atoms with E-state index in [4.69, 9.17) is 9.47 Å². The Labute approximate surface area is 183 Å². The minimum Gasteiger partial charge on any atom is -0.499 e. The molecular weight excluding hydrogens is 356 g/mol. The lowest BCUT2D eigenvalue weighted by molar-refractivity contribution is 0.211. The predicted octanol–water partition coefficient (Wildman–Crippen LogP) is 9.13. The smallest absolute Gasteiger partial charge is 0.116 e. The van der Waals surface area contributed by atoms with Gasteiger partial charge in [0.2, 0.25) is 0 Å². The molecule has 1 aliphatic rings. The highest BCUT2D eigenvalue weighted by Gasteiger charge is 2.22. The second-order valence-corrected chi connectivity index (χ2v) is 9.17. The lowest BCUT2D eigenvalue weighted by Gasteiger charge is -2.04. The molecule has 2 nitrogen and oxygen atoms in total. The Bertz CT molecular complexity index is 335. The van der Waals surface area contributed by atoms with Crippen molar-refractivity contribution in [1.82, 2.24) is 0 Å². The van der Waals surface area contributed by atoms with Gasteiger partial charge in [-0.05, 0) is 18.9 Å². The first-order valence-corrected chi connectivity index (χ1v) is 13.3. The van der Waals surface area contributed by atoms with Crippen LogP contribution in [0.5, 0.6) is 0 Å². The van der Waals surface area contributed by atoms with Gasteiger partial charge in [0.1, 0.15) is 12.7 Å². The second kappa shape index (κ2) is 22.2. The van der Waals surface area contributed by atoms with Gasteiger partial charge >= 0.3 is 0 Å². The van der Waals surface area contributed by atoms with E-state index in [2.05, 4.69) is 13.0 Å². The van der Waals surface area contributed by atoms with Crippen LogP contribution in [0.25, 0.3) is 0 Å². The zero-order valence-electron chi connectivity index (χ0n) is 19.8. The van der Waals surface area contributed by atoms with E-state index >= 15 is 0 Å². The minimum atomic E-state index is 0.374. The molecule has 0 radical (unpaired) electrons. The van der Waals surface area contributed by atoms with Crippen molar-refractivity contribution >= 4 is 0 Å². The average molecular weight is 409 g/mol. The molecule has 0 N–H and O–H groups in total. The van der Waals surface area contributed by atoms with Crippen LogP contribution in [0.3, 0.4) is 0 Å². The molecule has 0 aromatic rings. The summed E-state index contributed by atoms with van der Waals surface area (Å²) < 4.78 is 10.5. The molecule has 1 aliphatic heterocycles. The highest BCUT2D eigenvalue weighted by Crippen LogP contribution is 2.15. The van der Waals surface area contributed by atoms with E-state index in [1.807, 2.05) is 6.26 Å². The third-order valence-corrected chi connectivity index (χ3v) is 6.10. The molecule has 0 spiro atoms. The number of allylic oxidation sites excluding steroid dienone is 1. The SMILES string of the molecule is CCCCCCCCCCCCCCCCCCCCCCC=COCC1CO1. The molecule has 1 fully saturated rings. The van der Waals surface area contributed by atoms with Gasteiger partial charge in [-0.3, -0.25) is 0 Å². The van der Waals surface area contributed by atoms with Crippen LogP contribution in [0.4, 0.5) is 0 Å². The zero-order valence-corrected chi connectivity index (χ0v) is 19.8. The summed E-state index contributed by atoms with van der Waals surface area (Å²) in [6.07, 6.45) is 34.4. The maximum atomic E-state index is 5.40. The van der Waals surface area contributed by atoms with Crippen LogP contribution in [0.1, 0.15) is 142 Å². The first kappa shape index (κ1) is 26.5. The number of hydrogen-bond acceptors (Lipinski definition) is 2. The third kappa shape index (κ3) is 22.0. The van der Waals surface area contributed by atoms with Gasteiger partial charge in [-0.25, -0.2) is 0 Å². The van der Waals surface area contributed by atoms with Crippen molar-refractivity contribution in [2.75, 3.05) is 13.2 Å². The van der Waals surface area contributed by atoms with Crippen molar-refractivity contribution in [3.05, 3.63) is 12.3 Å². The molecule has 0 aromatic heterocycles. The van der Waals surface area contributed by atoms with Crippen LogP contribution in [-0.4, -0.2) is 19.3 Å². The standard InChI is InChI=1S/C27H52O2/c1-2-3-4-5-6-7-8-9-10-11-12-13-14-15-16-17-18-19-20-21-22-23-24-28-25-27-26-29-27/h23-24,27H,2-22,25-26H2,1H3. The Kier molecular flexibility index (Phi) is 20.3. The Morgan fingerprint density at radius 2 is 1.00 bits per heavy atom. The van der Waals surface area contributed by atoms with Crippen LogP contribution in [0.15, 0.2) is 12.3 Å². The Balaban J connectivity index is 1.61. The van der Waals surface area contributed by atoms with Gasteiger partial charge in [0.25, 0.3) is 0 Å². The first-order valence-electron chi connectivity index (χ1n) is 13.3. The summed E-state index contributed by atoms with van der Waals surface area (Å²) in [6, 6.07) is 0. The van der Waals surface area contributed by atoms with E-state index in [1.165, 1.54) is 128 Å². The summed E-state index contributed by atoms with van der Waals surface area (Å²) >= 11 is 0. The van der Waals surface area contributed by atoms with Crippen LogP contribution in [0.2, 0.25) is 0 Å². The molecule has 0 amide bonds. The quantitative estimate of drug-likeness (QED) is 0.0902. The van der Waals surface area contributed by atoms with E-state index in [9.17, 15) is 0 Å². The Morgan fingerprint density at radius 1 is 0.621 bits per heavy atom. The highest BCUT2D eigenvalue weighted by molar-refractivity contribution is 4.75. The van der Waals surface area contributed by atoms with Crippen LogP contribution >= 0.6 is 0 Å². The lowest BCUT2D eigenvalue weighted by Crippen LogP contribution is -1.94. The molecule has 1 atom stereocenters. The van der Waals surface area contributed by atoms with Crippen molar-refractivity contribution in [2.24, 2.45) is 0 Å². The van der Waals surface area contributed by atoms with Crippen molar-refractivity contribution in [3.8, 4) is 0 Å². The van der Waals surface area contributed by atoms with E-state index in [0.29, 0.717) is 6.10 Å². The summed E-state index contributed by atoms with van der Waals surface area (Å²) in [5, 5.41) is 0. The molecule has 172 valence electrons. The summed E-state index contributed by atoms with van der Waals surface area (Å²) in [4.78, 5) is 0. The normalized spacial score (nSPS) is 16.0. The molecule has 2 heteroatoms. The van der Waals surface area contributed by atoms with Gasteiger partial charge in [0.15, 0.2) is 0 Å². The molecule has 1 unspecified atom stereocenters. The molecule has 0 bridgehead atoms. The van der Waals surface area contributed by atoms with E-state index in [1.54, 1.807) is 0 Å². The van der Waals surface area contributed by atoms with Gasteiger partial charge in [0.05, 0.1) is 12.9 Å². The van der Waals surface area contributed by atoms with E-state index in [0.717, 1.165) is 19.6 Å². The topological polar surface area (TPSA) is 21.8 Å². The van der Waals surface area contributed by atoms with Gasteiger partial charge in [0, 0.05) is 0 Å². The fraction of sp³-hybridized carbons (Fsp3) is 0.926. The third-order valence-electron chi connectivity index (χ3n) is 6.10. The van der Waals surface area contributed by atoms with Crippen LogP contribution < -0.4 is 0 Å². The number of hydrogen-bond donors (Lipinski definition) is 0. The maximum absolute atomic E-state index is 5.40. The number of epoxide rings is 1. The molecular formula is C27H52O2. The molecule has 29 heavy (non-hydrogen) atoms. The fourth-order valence-corrected chi connectivity index (χ4v) is 3.98. The summed E-state index contributed by atoms with van der Waals surface area (Å²) in [6.45, 7) is 3.91. The molecule has 1 rings (SSSR count). The van der Waals surface area contributed by atoms with Gasteiger partial charge in [-0.15, -0.1) is 0 Å². The summed E-state index contributed by atoms with van der Waals surface area (Å²) in [7, 11) is 0. The molecule has 0 aromatic carbocycles. The number of ether oxygens (including phenoxy) is 2. The minimum absolute atomic E-state index is 0.374. The summed E-state index contributed by atoms with van der Waals surface area (Å²) in [5.41, 5.74) is 0. The highest BCUT2D eigenvalue weighted by atomic mass is 16.6. The Morgan fingerprint density at radius 3 is 1.38 bits per heavy atom. The van der Waals surface area contributed by atoms with Gasteiger partial charge in [-0.2, -0.15) is 0 Å². The lowest BCUT2D eigenvalue weighted by atomic mass is 10.0. The zero-order chi connectivity index (χ0) is 20.7. The second-order valence-electron chi connectivity index (χ2n) is 9.17. The Hall–Kier alpha value is -0.500. The first-order chi connectivity index (χ1) is 14.4. The maximum Gasteiger partial charge on any atom is 0.116 e. The van der Waals surface area contributed by atoms with Gasteiger partial charge in [-0.1, -0.05) is 129 Å². The van der Waals surface area contributed by atoms with Crippen molar-refractivity contribution < 1.29 is 9.47 Å². The monoisotopic (exact) mass is 408 g/mol. The number of rotatable bonds is 24. The number of unbranched alkanes of at least 4 members (excludes halogenated alkanes) is 20. The van der Waals surface area contributed by atoms with Crippen molar-refractivity contribution in [1.29, 1.82) is 0 Å². The molecule has 1 heterocycles. The van der Waals surface area contributed by atoms with E-state index in [-0.39, 0.29) is 0 Å². The van der Waals surface area contributed by atoms with Gasteiger partial charge < -0.3 is 9.47 Å². The molecule has 1 saturated heterocycles. The van der Waals surface area contributed by atoms with Crippen molar-refractivity contribution in [2.45, 2.75) is 148 Å². The average Bonchev–Trinajstić information content (AvgIpc) is 3.55. The summed E-state index contributed by atoms with van der Waals surface area (Å²) in [5.74, 6) is 0. The van der Waals surface area contributed by atoms with Crippen LogP contribution in [-0.2, 0) is 9.47 Å². The van der Waals surface area contributed by atoms with E-state index < -0.39 is 0 Å². The molecule has 0 saturated carbocycles. The van der Waals surface area contributed by atoms with Crippen molar-refractivity contribution in [3.63, 3.8) is 0 Å². The van der Waals surface area contributed by atoms with Crippen LogP contribution in [0, 0.1) is 0 Å². The largest absolute Gasteiger partial charge is 0.499 e. The fourth-order valence-electron chi connectivity index (χ4n) is 3.98.